The number of anilines is 1. The lowest BCUT2D eigenvalue weighted by Gasteiger charge is -2.11. The highest BCUT2D eigenvalue weighted by atomic mass is 35.5. The number of nitrogens with two attached hydrogens (primary N) is 1. The van der Waals surface area contributed by atoms with Crippen molar-refractivity contribution in [2.45, 2.75) is 33.1 Å². The summed E-state index contributed by atoms with van der Waals surface area (Å²) in [5.41, 5.74) is 8.97. The molecule has 0 saturated carbocycles. The van der Waals surface area contributed by atoms with Gasteiger partial charge in [0, 0.05) is 0 Å². The third-order valence-corrected chi connectivity index (χ3v) is 2.60. The van der Waals surface area contributed by atoms with E-state index in [1.807, 2.05) is 6.07 Å². The fourth-order valence-electron chi connectivity index (χ4n) is 1.32. The monoisotopic (exact) mass is 197 g/mol. The zero-order valence-electron chi connectivity index (χ0n) is 8.39. The molecule has 72 valence electrons. The van der Waals surface area contributed by atoms with Crippen molar-refractivity contribution in [2.24, 2.45) is 0 Å². The highest BCUT2D eigenvalue weighted by Gasteiger charge is 2.07. The maximum atomic E-state index is 6.02. The molecule has 1 aromatic carbocycles. The molecule has 0 unspecified atom stereocenters. The molecule has 13 heavy (non-hydrogen) atoms. The summed E-state index contributed by atoms with van der Waals surface area (Å²) in [5, 5.41) is 0.683. The van der Waals surface area contributed by atoms with E-state index in [-0.39, 0.29) is 0 Å². The number of nitrogen functional groups attached to an aromatic ring is 1. The SMILES string of the molecule is CCc1cc(C(C)C)cc(Cl)c1N. The normalized spacial score (nSPS) is 10.8. The van der Waals surface area contributed by atoms with Gasteiger partial charge < -0.3 is 5.73 Å². The number of hydrogen-bond donors (Lipinski definition) is 1. The quantitative estimate of drug-likeness (QED) is 0.721. The maximum absolute atomic E-state index is 6.02. The Morgan fingerprint density at radius 1 is 1.38 bits per heavy atom. The molecule has 1 aromatic rings. The molecule has 0 aliphatic heterocycles. The molecule has 2 N–H and O–H groups in total. The Hall–Kier alpha value is -0.690. The van der Waals surface area contributed by atoms with E-state index in [1.54, 1.807) is 0 Å². The molecule has 0 fully saturated rings. The molecule has 1 nitrogen and oxygen atoms in total. The summed E-state index contributed by atoms with van der Waals surface area (Å²) in [6.45, 7) is 6.40. The van der Waals surface area contributed by atoms with E-state index in [1.165, 1.54) is 5.56 Å². The van der Waals surface area contributed by atoms with Crippen LogP contribution in [0.25, 0.3) is 0 Å². The lowest BCUT2D eigenvalue weighted by molar-refractivity contribution is 0.863. The Balaban J connectivity index is 3.22. The Morgan fingerprint density at radius 2 is 2.00 bits per heavy atom. The molecule has 2 heteroatoms. The number of hydrogen-bond acceptors (Lipinski definition) is 1. The lowest BCUT2D eigenvalue weighted by atomic mass is 9.99. The van der Waals surface area contributed by atoms with E-state index in [0.29, 0.717) is 10.9 Å². The van der Waals surface area contributed by atoms with Crippen LogP contribution in [0.4, 0.5) is 5.69 Å². The van der Waals surface area contributed by atoms with Crippen molar-refractivity contribution in [1.82, 2.24) is 0 Å². The first-order chi connectivity index (χ1) is 6.06. The molecule has 0 aliphatic carbocycles. The van der Waals surface area contributed by atoms with Crippen LogP contribution in [0.15, 0.2) is 12.1 Å². The Labute approximate surface area is 84.9 Å². The van der Waals surface area contributed by atoms with Crippen molar-refractivity contribution in [3.63, 3.8) is 0 Å². The third kappa shape index (κ3) is 2.16. The van der Waals surface area contributed by atoms with Gasteiger partial charge in [-0.15, -0.1) is 0 Å². The molecule has 0 radical (unpaired) electrons. The van der Waals surface area contributed by atoms with E-state index in [9.17, 15) is 0 Å². The molecular weight excluding hydrogens is 182 g/mol. The molecule has 1 rings (SSSR count). The topological polar surface area (TPSA) is 26.0 Å². The van der Waals surface area contributed by atoms with E-state index in [2.05, 4.69) is 26.8 Å². The van der Waals surface area contributed by atoms with Crippen LogP contribution in [0.5, 0.6) is 0 Å². The van der Waals surface area contributed by atoms with Crippen LogP contribution in [0.1, 0.15) is 37.8 Å². The number of halogens is 1. The largest absolute Gasteiger partial charge is 0.397 e. The number of aryl methyl sites for hydroxylation is 1. The lowest BCUT2D eigenvalue weighted by Crippen LogP contribution is -1.97. The van der Waals surface area contributed by atoms with Gasteiger partial charge in [-0.3, -0.25) is 0 Å². The first-order valence-corrected chi connectivity index (χ1v) is 5.01. The average Bonchev–Trinajstić information content (AvgIpc) is 2.09. The first kappa shape index (κ1) is 10.4. The van der Waals surface area contributed by atoms with E-state index in [4.69, 9.17) is 17.3 Å². The fourth-order valence-corrected chi connectivity index (χ4v) is 1.57. The zero-order valence-corrected chi connectivity index (χ0v) is 9.15. The predicted molar refractivity (Wildman–Crippen MR) is 59.3 cm³/mol. The molecule has 0 aliphatic rings. The van der Waals surface area contributed by atoms with E-state index >= 15 is 0 Å². The van der Waals surface area contributed by atoms with Gasteiger partial charge in [0.05, 0.1) is 10.7 Å². The van der Waals surface area contributed by atoms with E-state index in [0.717, 1.165) is 17.7 Å². The minimum absolute atomic E-state index is 0.503. The summed E-state index contributed by atoms with van der Waals surface area (Å²) >= 11 is 6.02. The summed E-state index contributed by atoms with van der Waals surface area (Å²) in [4.78, 5) is 0. The smallest absolute Gasteiger partial charge is 0.0641 e. The van der Waals surface area contributed by atoms with Crippen molar-refractivity contribution in [1.29, 1.82) is 0 Å². The fraction of sp³-hybridized carbons (Fsp3) is 0.455. The van der Waals surface area contributed by atoms with Gasteiger partial charge in [0.15, 0.2) is 0 Å². The van der Waals surface area contributed by atoms with Crippen LogP contribution in [0, 0.1) is 0 Å². The molecule has 0 atom stereocenters. The van der Waals surface area contributed by atoms with Gasteiger partial charge >= 0.3 is 0 Å². The predicted octanol–water partition coefficient (Wildman–Crippen LogP) is 3.61. The second-order valence-corrected chi connectivity index (χ2v) is 3.99. The maximum Gasteiger partial charge on any atom is 0.0641 e. The van der Waals surface area contributed by atoms with Gasteiger partial charge in [0.1, 0.15) is 0 Å². The van der Waals surface area contributed by atoms with Gasteiger partial charge in [0.25, 0.3) is 0 Å². The Bertz CT molecular complexity index is 305. The van der Waals surface area contributed by atoms with Crippen LogP contribution in [-0.4, -0.2) is 0 Å². The van der Waals surface area contributed by atoms with Crippen LogP contribution in [0.3, 0.4) is 0 Å². The van der Waals surface area contributed by atoms with Crippen LogP contribution >= 0.6 is 11.6 Å². The second-order valence-electron chi connectivity index (χ2n) is 3.58. The Morgan fingerprint density at radius 3 is 2.46 bits per heavy atom. The first-order valence-electron chi connectivity index (χ1n) is 4.64. The summed E-state index contributed by atoms with van der Waals surface area (Å²) in [6, 6.07) is 4.10. The number of benzene rings is 1. The minimum atomic E-state index is 0.503. The van der Waals surface area contributed by atoms with Crippen molar-refractivity contribution < 1.29 is 0 Å². The van der Waals surface area contributed by atoms with Gasteiger partial charge in [-0.05, 0) is 29.5 Å². The van der Waals surface area contributed by atoms with Crippen molar-refractivity contribution >= 4 is 17.3 Å². The standard InChI is InChI=1S/C11H16ClN/c1-4-8-5-9(7(2)3)6-10(12)11(8)13/h5-7H,4,13H2,1-3H3. The second kappa shape index (κ2) is 4.01. The molecule has 0 heterocycles. The highest BCUT2D eigenvalue weighted by molar-refractivity contribution is 6.33. The molecule has 0 bridgehead atoms. The summed E-state index contributed by atoms with van der Waals surface area (Å²) < 4.78 is 0. The van der Waals surface area contributed by atoms with Gasteiger partial charge in [0.2, 0.25) is 0 Å². The summed E-state index contributed by atoms with van der Waals surface area (Å²) in [5.74, 6) is 0.503. The minimum Gasteiger partial charge on any atom is -0.397 e. The molecule has 0 aromatic heterocycles. The van der Waals surface area contributed by atoms with Crippen LogP contribution < -0.4 is 5.73 Å². The summed E-state index contributed by atoms with van der Waals surface area (Å²) in [7, 11) is 0. The zero-order chi connectivity index (χ0) is 10.0. The van der Waals surface area contributed by atoms with Crippen molar-refractivity contribution in [3.8, 4) is 0 Å². The molecule has 0 saturated heterocycles. The molecule has 0 amide bonds. The highest BCUT2D eigenvalue weighted by Crippen LogP contribution is 2.28. The van der Waals surface area contributed by atoms with Crippen LogP contribution in [0.2, 0.25) is 5.02 Å². The van der Waals surface area contributed by atoms with Gasteiger partial charge in [-0.25, -0.2) is 0 Å². The average molecular weight is 198 g/mol. The van der Waals surface area contributed by atoms with Gasteiger partial charge in [-0.2, -0.15) is 0 Å². The third-order valence-electron chi connectivity index (χ3n) is 2.29. The van der Waals surface area contributed by atoms with Gasteiger partial charge in [-0.1, -0.05) is 38.4 Å². The van der Waals surface area contributed by atoms with Crippen molar-refractivity contribution in [2.75, 3.05) is 5.73 Å². The van der Waals surface area contributed by atoms with E-state index < -0.39 is 0 Å². The van der Waals surface area contributed by atoms with Crippen LogP contribution in [-0.2, 0) is 6.42 Å². The van der Waals surface area contributed by atoms with Crippen molar-refractivity contribution in [3.05, 3.63) is 28.3 Å². The molecular formula is C11H16ClN. The Kier molecular flexibility index (Phi) is 3.21. The molecule has 0 spiro atoms. The number of rotatable bonds is 2. The summed E-state index contributed by atoms with van der Waals surface area (Å²) in [6.07, 6.45) is 0.937.